The number of halogens is 1. The van der Waals surface area contributed by atoms with Crippen LogP contribution in [0.1, 0.15) is 12.3 Å². The molecule has 0 radical (unpaired) electrons. The largest absolute Gasteiger partial charge is 0.339 e. The molecule has 1 N–H and O–H groups in total. The van der Waals surface area contributed by atoms with Gasteiger partial charge in [-0.05, 0) is 30.3 Å². The molecule has 1 amide bonds. The quantitative estimate of drug-likeness (QED) is 0.783. The molecule has 7 heteroatoms. The maximum Gasteiger partial charge on any atom is 0.227 e. The van der Waals surface area contributed by atoms with Crippen LogP contribution in [0.2, 0.25) is 0 Å². The highest BCUT2D eigenvalue weighted by atomic mass is 19.1. The number of nitrogens with zero attached hydrogens (tertiary/aromatic N) is 3. The first kappa shape index (κ1) is 14.8. The number of hydrogen-bond acceptors (Lipinski definition) is 5. The van der Waals surface area contributed by atoms with E-state index in [1.54, 1.807) is 24.5 Å². The third-order valence-corrected chi connectivity index (χ3v) is 3.06. The summed E-state index contributed by atoms with van der Waals surface area (Å²) >= 11 is 0. The van der Waals surface area contributed by atoms with E-state index in [1.807, 2.05) is 6.07 Å². The van der Waals surface area contributed by atoms with Crippen LogP contribution in [0.3, 0.4) is 0 Å². The Hall–Kier alpha value is -3.09. The molecule has 0 spiro atoms. The summed E-state index contributed by atoms with van der Waals surface area (Å²) in [5, 5.41) is 6.47. The van der Waals surface area contributed by atoms with Crippen LogP contribution >= 0.6 is 0 Å². The van der Waals surface area contributed by atoms with Gasteiger partial charge in [0, 0.05) is 36.5 Å². The molecule has 2 aromatic heterocycles. The van der Waals surface area contributed by atoms with Gasteiger partial charge in [0.25, 0.3) is 0 Å². The lowest BCUT2D eigenvalue weighted by atomic mass is 10.2. The van der Waals surface area contributed by atoms with Crippen LogP contribution in [0.25, 0.3) is 11.4 Å². The molecule has 0 saturated heterocycles. The van der Waals surface area contributed by atoms with Crippen LogP contribution in [0, 0.1) is 5.82 Å². The van der Waals surface area contributed by atoms with E-state index in [-0.39, 0.29) is 12.3 Å². The molecule has 0 aliphatic heterocycles. The molecular formula is C16H13FN4O2. The maximum absolute atomic E-state index is 13.0. The second-order valence-corrected chi connectivity index (χ2v) is 4.81. The summed E-state index contributed by atoms with van der Waals surface area (Å²) in [6.07, 6.45) is 3.74. The van der Waals surface area contributed by atoms with E-state index >= 15 is 0 Å². The summed E-state index contributed by atoms with van der Waals surface area (Å²) in [5.41, 5.74) is 1.16. The van der Waals surface area contributed by atoms with Crippen molar-refractivity contribution < 1.29 is 13.7 Å². The lowest BCUT2D eigenvalue weighted by molar-refractivity contribution is -0.116. The molecule has 0 aliphatic carbocycles. The predicted octanol–water partition coefficient (Wildman–Crippen LogP) is 2.84. The van der Waals surface area contributed by atoms with Gasteiger partial charge in [0.05, 0.1) is 0 Å². The molecule has 2 heterocycles. The van der Waals surface area contributed by atoms with Crippen molar-refractivity contribution in [2.24, 2.45) is 0 Å². The second kappa shape index (κ2) is 6.78. The Labute approximate surface area is 131 Å². The zero-order chi connectivity index (χ0) is 16.1. The van der Waals surface area contributed by atoms with Crippen molar-refractivity contribution >= 4 is 11.6 Å². The smallest absolute Gasteiger partial charge is 0.227 e. The zero-order valence-electron chi connectivity index (χ0n) is 12.1. The normalized spacial score (nSPS) is 10.5. The van der Waals surface area contributed by atoms with Gasteiger partial charge in [-0.25, -0.2) is 4.39 Å². The highest BCUT2D eigenvalue weighted by Crippen LogP contribution is 2.15. The van der Waals surface area contributed by atoms with Gasteiger partial charge in [0.2, 0.25) is 17.6 Å². The SMILES string of the molecule is O=C(CCc1nc(-c2cccnc2)no1)Nc1cccc(F)c1. The third-order valence-electron chi connectivity index (χ3n) is 3.06. The van der Waals surface area contributed by atoms with Gasteiger partial charge < -0.3 is 9.84 Å². The van der Waals surface area contributed by atoms with Crippen LogP contribution in [-0.4, -0.2) is 21.0 Å². The van der Waals surface area contributed by atoms with Crippen LogP contribution in [-0.2, 0) is 11.2 Å². The number of anilines is 1. The molecular weight excluding hydrogens is 299 g/mol. The lowest BCUT2D eigenvalue weighted by Crippen LogP contribution is -2.12. The van der Waals surface area contributed by atoms with Gasteiger partial charge in [0.15, 0.2) is 0 Å². The van der Waals surface area contributed by atoms with E-state index in [9.17, 15) is 9.18 Å². The van der Waals surface area contributed by atoms with E-state index in [0.29, 0.717) is 23.8 Å². The van der Waals surface area contributed by atoms with Crippen molar-refractivity contribution in [3.8, 4) is 11.4 Å². The second-order valence-electron chi connectivity index (χ2n) is 4.81. The number of carbonyl (C=O) groups is 1. The minimum Gasteiger partial charge on any atom is -0.339 e. The number of hydrogen-bond donors (Lipinski definition) is 1. The summed E-state index contributed by atoms with van der Waals surface area (Å²) in [6, 6.07) is 9.31. The molecule has 0 saturated carbocycles. The van der Waals surface area contributed by atoms with Crippen LogP contribution in [0.15, 0.2) is 53.3 Å². The van der Waals surface area contributed by atoms with Crippen molar-refractivity contribution in [2.75, 3.05) is 5.32 Å². The zero-order valence-corrected chi connectivity index (χ0v) is 12.1. The van der Waals surface area contributed by atoms with Gasteiger partial charge in [-0.2, -0.15) is 4.98 Å². The topological polar surface area (TPSA) is 80.9 Å². The minimum absolute atomic E-state index is 0.158. The van der Waals surface area contributed by atoms with Gasteiger partial charge in [0.1, 0.15) is 5.82 Å². The number of amides is 1. The molecule has 116 valence electrons. The Morgan fingerprint density at radius 3 is 2.96 bits per heavy atom. The number of benzene rings is 1. The molecule has 0 atom stereocenters. The predicted molar refractivity (Wildman–Crippen MR) is 80.9 cm³/mol. The van der Waals surface area contributed by atoms with E-state index in [2.05, 4.69) is 20.4 Å². The number of carbonyl (C=O) groups excluding carboxylic acids is 1. The first-order chi connectivity index (χ1) is 11.2. The van der Waals surface area contributed by atoms with Crippen LogP contribution in [0.4, 0.5) is 10.1 Å². The molecule has 0 aliphatic rings. The molecule has 3 rings (SSSR count). The van der Waals surface area contributed by atoms with Gasteiger partial charge in [-0.15, -0.1) is 0 Å². The van der Waals surface area contributed by atoms with E-state index < -0.39 is 5.82 Å². The van der Waals surface area contributed by atoms with E-state index in [4.69, 9.17) is 4.52 Å². The first-order valence-electron chi connectivity index (χ1n) is 6.99. The Bertz CT molecular complexity index is 805. The Morgan fingerprint density at radius 1 is 1.26 bits per heavy atom. The Kier molecular flexibility index (Phi) is 4.37. The summed E-state index contributed by atoms with van der Waals surface area (Å²) in [6.45, 7) is 0. The number of nitrogens with one attached hydrogen (secondary N) is 1. The molecule has 1 aromatic carbocycles. The van der Waals surface area contributed by atoms with Gasteiger partial charge in [-0.3, -0.25) is 9.78 Å². The fraction of sp³-hybridized carbons (Fsp3) is 0.125. The number of pyridine rings is 1. The van der Waals surface area contributed by atoms with Crippen molar-refractivity contribution in [2.45, 2.75) is 12.8 Å². The van der Waals surface area contributed by atoms with Crippen LogP contribution in [0.5, 0.6) is 0 Å². The number of rotatable bonds is 5. The summed E-state index contributed by atoms with van der Waals surface area (Å²) in [4.78, 5) is 20.0. The molecule has 3 aromatic rings. The van der Waals surface area contributed by atoms with Crippen molar-refractivity contribution in [3.05, 3.63) is 60.5 Å². The highest BCUT2D eigenvalue weighted by molar-refractivity contribution is 5.90. The van der Waals surface area contributed by atoms with Crippen LogP contribution < -0.4 is 5.32 Å². The average molecular weight is 312 g/mol. The summed E-state index contributed by atoms with van der Waals surface area (Å²) < 4.78 is 18.2. The first-order valence-corrected chi connectivity index (χ1v) is 6.99. The molecule has 23 heavy (non-hydrogen) atoms. The third kappa shape index (κ3) is 3.97. The fourth-order valence-electron chi connectivity index (χ4n) is 1.98. The van der Waals surface area contributed by atoms with Crippen molar-refractivity contribution in [1.82, 2.24) is 15.1 Å². The van der Waals surface area contributed by atoms with Crippen molar-refractivity contribution in [3.63, 3.8) is 0 Å². The lowest BCUT2D eigenvalue weighted by Gasteiger charge is -2.03. The molecule has 0 unspecified atom stereocenters. The number of aryl methyl sites for hydroxylation is 1. The molecule has 0 bridgehead atoms. The van der Waals surface area contributed by atoms with E-state index in [0.717, 1.165) is 5.56 Å². The van der Waals surface area contributed by atoms with Gasteiger partial charge in [-0.1, -0.05) is 11.2 Å². The monoisotopic (exact) mass is 312 g/mol. The standard InChI is InChI=1S/C16H13FN4O2/c17-12-4-1-5-13(9-12)19-14(22)6-7-15-20-16(21-23-15)11-3-2-8-18-10-11/h1-5,8-10H,6-7H2,(H,19,22). The summed E-state index contributed by atoms with van der Waals surface area (Å²) in [7, 11) is 0. The number of aromatic nitrogens is 3. The minimum atomic E-state index is -0.402. The maximum atomic E-state index is 13.0. The average Bonchev–Trinajstić information content (AvgIpc) is 3.03. The Morgan fingerprint density at radius 2 is 2.17 bits per heavy atom. The van der Waals surface area contributed by atoms with E-state index in [1.165, 1.54) is 18.2 Å². The van der Waals surface area contributed by atoms with Gasteiger partial charge >= 0.3 is 0 Å². The summed E-state index contributed by atoms with van der Waals surface area (Å²) in [5.74, 6) is 0.134. The Balaban J connectivity index is 1.56. The fourth-order valence-corrected chi connectivity index (χ4v) is 1.98. The molecule has 6 nitrogen and oxygen atoms in total. The molecule has 0 fully saturated rings. The van der Waals surface area contributed by atoms with Crippen molar-refractivity contribution in [1.29, 1.82) is 0 Å². The highest BCUT2D eigenvalue weighted by Gasteiger charge is 2.11.